The lowest BCUT2D eigenvalue weighted by atomic mass is 10.1. The molecular formula is C14H22ClNO. The topological polar surface area (TPSA) is 21.3 Å². The van der Waals surface area contributed by atoms with E-state index in [4.69, 9.17) is 16.3 Å². The van der Waals surface area contributed by atoms with Crippen molar-refractivity contribution in [2.24, 2.45) is 0 Å². The third-order valence-electron chi connectivity index (χ3n) is 2.95. The second-order valence-electron chi connectivity index (χ2n) is 4.23. The molecule has 0 saturated carbocycles. The van der Waals surface area contributed by atoms with Gasteiger partial charge in [-0.2, -0.15) is 0 Å². The first-order chi connectivity index (χ1) is 8.21. The molecule has 17 heavy (non-hydrogen) atoms. The van der Waals surface area contributed by atoms with Gasteiger partial charge in [0, 0.05) is 23.2 Å². The Morgan fingerprint density at radius 2 is 2.12 bits per heavy atom. The zero-order valence-electron chi connectivity index (χ0n) is 10.9. The van der Waals surface area contributed by atoms with Crippen molar-refractivity contribution < 1.29 is 4.74 Å². The highest BCUT2D eigenvalue weighted by atomic mass is 35.5. The number of hydrogen-bond donors (Lipinski definition) is 1. The molecule has 1 rings (SSSR count). The normalized spacial score (nSPS) is 12.5. The molecule has 0 aliphatic heterocycles. The van der Waals surface area contributed by atoms with Gasteiger partial charge in [0.25, 0.3) is 0 Å². The van der Waals surface area contributed by atoms with Gasteiger partial charge < -0.3 is 10.1 Å². The number of nitrogens with one attached hydrogen (secondary N) is 1. The third kappa shape index (κ3) is 4.57. The van der Waals surface area contributed by atoms with E-state index in [-0.39, 0.29) is 0 Å². The molecule has 0 aromatic heterocycles. The summed E-state index contributed by atoms with van der Waals surface area (Å²) in [6.45, 7) is 5.23. The summed E-state index contributed by atoms with van der Waals surface area (Å²) in [5, 5.41) is 4.31. The molecule has 0 aliphatic carbocycles. The van der Waals surface area contributed by atoms with Crippen LogP contribution in [0.25, 0.3) is 0 Å². The lowest BCUT2D eigenvalue weighted by Gasteiger charge is -2.17. The van der Waals surface area contributed by atoms with Crippen molar-refractivity contribution in [3.63, 3.8) is 0 Å². The highest BCUT2D eigenvalue weighted by Crippen LogP contribution is 2.22. The van der Waals surface area contributed by atoms with E-state index in [1.165, 1.54) is 12.8 Å². The summed E-state index contributed by atoms with van der Waals surface area (Å²) in [6.07, 6.45) is 3.56. The maximum absolute atomic E-state index is 6.00. The van der Waals surface area contributed by atoms with Crippen molar-refractivity contribution >= 4 is 11.6 Å². The van der Waals surface area contributed by atoms with Crippen LogP contribution in [0, 0.1) is 0 Å². The summed E-state index contributed by atoms with van der Waals surface area (Å²) in [5.41, 5.74) is 1.12. The SMILES string of the molecule is CCCC(CC)NCc1cc(Cl)ccc1OC. The summed E-state index contributed by atoms with van der Waals surface area (Å²) in [4.78, 5) is 0. The van der Waals surface area contributed by atoms with E-state index in [2.05, 4.69) is 19.2 Å². The Morgan fingerprint density at radius 3 is 2.71 bits per heavy atom. The molecule has 0 amide bonds. The van der Waals surface area contributed by atoms with Crippen LogP contribution in [0.3, 0.4) is 0 Å². The Morgan fingerprint density at radius 1 is 1.35 bits per heavy atom. The zero-order valence-corrected chi connectivity index (χ0v) is 11.7. The van der Waals surface area contributed by atoms with Crippen LogP contribution < -0.4 is 10.1 Å². The molecular weight excluding hydrogens is 234 g/mol. The molecule has 0 saturated heterocycles. The number of methoxy groups -OCH3 is 1. The van der Waals surface area contributed by atoms with Crippen LogP contribution in [0.15, 0.2) is 18.2 Å². The summed E-state index contributed by atoms with van der Waals surface area (Å²) in [7, 11) is 1.69. The van der Waals surface area contributed by atoms with E-state index >= 15 is 0 Å². The lowest BCUT2D eigenvalue weighted by molar-refractivity contribution is 0.401. The fraction of sp³-hybridized carbons (Fsp3) is 0.571. The number of halogens is 1. The van der Waals surface area contributed by atoms with Crippen LogP contribution in [-0.2, 0) is 6.54 Å². The minimum absolute atomic E-state index is 0.573. The van der Waals surface area contributed by atoms with Crippen molar-refractivity contribution in [3.05, 3.63) is 28.8 Å². The predicted molar refractivity (Wildman–Crippen MR) is 73.8 cm³/mol. The van der Waals surface area contributed by atoms with E-state index in [9.17, 15) is 0 Å². The van der Waals surface area contributed by atoms with E-state index < -0.39 is 0 Å². The van der Waals surface area contributed by atoms with E-state index in [1.54, 1.807) is 7.11 Å². The van der Waals surface area contributed by atoms with Crippen LogP contribution >= 0.6 is 11.6 Å². The van der Waals surface area contributed by atoms with Crippen molar-refractivity contribution in [1.82, 2.24) is 5.32 Å². The van der Waals surface area contributed by atoms with Gasteiger partial charge in [-0.05, 0) is 31.0 Å². The molecule has 1 atom stereocenters. The highest BCUT2D eigenvalue weighted by molar-refractivity contribution is 6.30. The van der Waals surface area contributed by atoms with Gasteiger partial charge in [-0.15, -0.1) is 0 Å². The molecule has 0 bridgehead atoms. The zero-order chi connectivity index (χ0) is 12.7. The smallest absolute Gasteiger partial charge is 0.123 e. The van der Waals surface area contributed by atoms with Gasteiger partial charge in [-0.3, -0.25) is 0 Å². The standard InChI is InChI=1S/C14H22ClNO/c1-4-6-13(5-2)16-10-11-9-12(15)7-8-14(11)17-3/h7-9,13,16H,4-6,10H2,1-3H3. The Balaban J connectivity index is 2.63. The van der Waals surface area contributed by atoms with Crippen LogP contribution in [0.1, 0.15) is 38.7 Å². The molecule has 2 nitrogen and oxygen atoms in total. The van der Waals surface area contributed by atoms with Crippen molar-refractivity contribution in [1.29, 1.82) is 0 Å². The summed E-state index contributed by atoms with van der Waals surface area (Å²) in [6, 6.07) is 6.31. The summed E-state index contributed by atoms with van der Waals surface area (Å²) < 4.78 is 5.33. The third-order valence-corrected chi connectivity index (χ3v) is 3.19. The number of rotatable bonds is 7. The Hall–Kier alpha value is -0.730. The predicted octanol–water partition coefficient (Wildman–Crippen LogP) is 4.02. The molecule has 0 radical (unpaired) electrons. The maximum atomic E-state index is 6.00. The van der Waals surface area contributed by atoms with Gasteiger partial charge in [0.1, 0.15) is 5.75 Å². The number of benzene rings is 1. The number of hydrogen-bond acceptors (Lipinski definition) is 2. The Labute approximate surface area is 109 Å². The monoisotopic (exact) mass is 255 g/mol. The fourth-order valence-corrected chi connectivity index (χ4v) is 2.13. The largest absolute Gasteiger partial charge is 0.496 e. The van der Waals surface area contributed by atoms with Crippen LogP contribution in [0.5, 0.6) is 5.75 Å². The molecule has 3 heteroatoms. The average molecular weight is 256 g/mol. The van der Waals surface area contributed by atoms with Crippen molar-refractivity contribution in [3.8, 4) is 5.75 Å². The van der Waals surface area contributed by atoms with Gasteiger partial charge in [0.05, 0.1) is 7.11 Å². The summed E-state index contributed by atoms with van der Waals surface area (Å²) in [5.74, 6) is 0.897. The van der Waals surface area contributed by atoms with Crippen LogP contribution in [0.2, 0.25) is 5.02 Å². The van der Waals surface area contributed by atoms with E-state index in [1.807, 2.05) is 18.2 Å². The van der Waals surface area contributed by atoms with Crippen molar-refractivity contribution in [2.75, 3.05) is 7.11 Å². The maximum Gasteiger partial charge on any atom is 0.123 e. The molecule has 0 heterocycles. The molecule has 1 aromatic carbocycles. The molecule has 0 aliphatic rings. The quantitative estimate of drug-likeness (QED) is 0.795. The minimum Gasteiger partial charge on any atom is -0.496 e. The van der Waals surface area contributed by atoms with Gasteiger partial charge in [-0.25, -0.2) is 0 Å². The average Bonchev–Trinajstić information content (AvgIpc) is 2.34. The molecule has 0 spiro atoms. The fourth-order valence-electron chi connectivity index (χ4n) is 1.94. The minimum atomic E-state index is 0.573. The van der Waals surface area contributed by atoms with E-state index in [0.29, 0.717) is 6.04 Å². The first-order valence-electron chi connectivity index (χ1n) is 6.27. The molecule has 1 unspecified atom stereocenters. The highest BCUT2D eigenvalue weighted by Gasteiger charge is 2.07. The Bertz CT molecular complexity index is 341. The second kappa shape index (κ2) is 7.57. The molecule has 1 aromatic rings. The van der Waals surface area contributed by atoms with Crippen LogP contribution in [0.4, 0.5) is 0 Å². The van der Waals surface area contributed by atoms with Gasteiger partial charge >= 0.3 is 0 Å². The van der Waals surface area contributed by atoms with E-state index in [0.717, 1.165) is 29.3 Å². The van der Waals surface area contributed by atoms with Gasteiger partial charge in [-0.1, -0.05) is 31.9 Å². The van der Waals surface area contributed by atoms with Gasteiger partial charge in [0.2, 0.25) is 0 Å². The summed E-state index contributed by atoms with van der Waals surface area (Å²) >= 11 is 6.00. The lowest BCUT2D eigenvalue weighted by Crippen LogP contribution is -2.27. The van der Waals surface area contributed by atoms with Crippen LogP contribution in [-0.4, -0.2) is 13.2 Å². The second-order valence-corrected chi connectivity index (χ2v) is 4.67. The Kier molecular flexibility index (Phi) is 6.38. The molecule has 96 valence electrons. The first-order valence-corrected chi connectivity index (χ1v) is 6.64. The molecule has 0 fully saturated rings. The first kappa shape index (κ1) is 14.3. The number of ether oxygens (including phenoxy) is 1. The molecule has 1 N–H and O–H groups in total. The van der Waals surface area contributed by atoms with Crippen molar-refractivity contribution in [2.45, 2.75) is 45.7 Å². The van der Waals surface area contributed by atoms with Gasteiger partial charge in [0.15, 0.2) is 0 Å².